The van der Waals surface area contributed by atoms with E-state index in [0.717, 1.165) is 11.3 Å². The third kappa shape index (κ3) is 3.37. The molecule has 3 rings (SSSR count). The van der Waals surface area contributed by atoms with Gasteiger partial charge in [-0.15, -0.1) is 0 Å². The number of rotatable bonds is 5. The number of nitrogens with two attached hydrogens (primary N) is 2. The average Bonchev–Trinajstić information content (AvgIpc) is 2.63. The Morgan fingerprint density at radius 3 is 2.56 bits per heavy atom. The maximum atomic E-state index is 7.95. The number of pyridine rings is 1. The summed E-state index contributed by atoms with van der Waals surface area (Å²) in [6, 6.07) is 17.0. The zero-order chi connectivity index (χ0) is 17.8. The molecule has 0 saturated carbocycles. The van der Waals surface area contributed by atoms with Gasteiger partial charge in [-0.25, -0.2) is 4.98 Å². The molecule has 0 amide bonds. The second-order valence-corrected chi connectivity index (χ2v) is 5.45. The highest BCUT2D eigenvalue weighted by Crippen LogP contribution is 2.33. The van der Waals surface area contributed by atoms with E-state index in [1.54, 1.807) is 13.3 Å². The number of amidine groups is 1. The van der Waals surface area contributed by atoms with Crippen molar-refractivity contribution in [2.24, 2.45) is 5.73 Å². The molecule has 0 aliphatic carbocycles. The molecule has 2 aromatic carbocycles. The zero-order valence-electron chi connectivity index (χ0n) is 13.8. The molecule has 1 heterocycles. The first-order valence-corrected chi connectivity index (χ1v) is 7.69. The maximum absolute atomic E-state index is 7.95. The molecule has 0 atom stereocenters. The van der Waals surface area contributed by atoms with Crippen molar-refractivity contribution in [2.45, 2.75) is 0 Å². The van der Waals surface area contributed by atoms with Gasteiger partial charge in [-0.05, 0) is 29.8 Å². The van der Waals surface area contributed by atoms with E-state index in [-0.39, 0.29) is 5.84 Å². The Labute approximate surface area is 146 Å². The molecular formula is C19H19N5O. The predicted octanol–water partition coefficient (Wildman–Crippen LogP) is 3.37. The van der Waals surface area contributed by atoms with E-state index < -0.39 is 0 Å². The first-order valence-electron chi connectivity index (χ1n) is 7.69. The van der Waals surface area contributed by atoms with Gasteiger partial charge in [-0.1, -0.05) is 30.3 Å². The van der Waals surface area contributed by atoms with E-state index in [0.29, 0.717) is 28.4 Å². The molecule has 3 aromatic rings. The summed E-state index contributed by atoms with van der Waals surface area (Å²) >= 11 is 0. The fourth-order valence-corrected chi connectivity index (χ4v) is 2.58. The first-order chi connectivity index (χ1) is 12.1. The van der Waals surface area contributed by atoms with Crippen molar-refractivity contribution >= 4 is 23.0 Å². The van der Waals surface area contributed by atoms with Gasteiger partial charge < -0.3 is 21.5 Å². The van der Waals surface area contributed by atoms with Crippen LogP contribution in [0.2, 0.25) is 0 Å². The molecular weight excluding hydrogens is 314 g/mol. The van der Waals surface area contributed by atoms with Gasteiger partial charge in [0.1, 0.15) is 11.6 Å². The number of hydrogen-bond donors (Lipinski definition) is 4. The van der Waals surface area contributed by atoms with Crippen molar-refractivity contribution in [1.82, 2.24) is 4.98 Å². The largest absolute Gasteiger partial charge is 0.497 e. The number of anilines is 3. The molecule has 126 valence electrons. The Kier molecular flexibility index (Phi) is 4.52. The lowest BCUT2D eigenvalue weighted by Gasteiger charge is -2.16. The number of para-hydroxylation sites is 1. The Hall–Kier alpha value is -3.54. The van der Waals surface area contributed by atoms with E-state index in [1.165, 1.54) is 0 Å². The molecule has 6 N–H and O–H groups in total. The standard InChI is InChI=1S/C19H19N5O/c1-25-14-9-5-6-12(10-14)15-11-23-19(17(20)16(15)18(21)22)24-13-7-3-2-4-8-13/h2-11H,20H2,1H3,(H3,21,22)(H,23,24). The number of nitrogens with one attached hydrogen (secondary N) is 2. The number of hydrogen-bond acceptors (Lipinski definition) is 5. The summed E-state index contributed by atoms with van der Waals surface area (Å²) in [6.07, 6.45) is 1.66. The number of nitrogens with zero attached hydrogens (tertiary/aromatic N) is 1. The van der Waals surface area contributed by atoms with Gasteiger partial charge in [0.2, 0.25) is 0 Å². The second kappa shape index (κ2) is 6.92. The molecule has 25 heavy (non-hydrogen) atoms. The molecule has 0 unspecified atom stereocenters. The van der Waals surface area contributed by atoms with Gasteiger partial charge >= 0.3 is 0 Å². The van der Waals surface area contributed by atoms with E-state index in [1.807, 2.05) is 54.6 Å². The summed E-state index contributed by atoms with van der Waals surface area (Å²) < 4.78 is 5.26. The molecule has 6 heteroatoms. The monoisotopic (exact) mass is 333 g/mol. The lowest BCUT2D eigenvalue weighted by molar-refractivity contribution is 0.415. The van der Waals surface area contributed by atoms with Gasteiger partial charge in [0, 0.05) is 17.4 Å². The van der Waals surface area contributed by atoms with Crippen LogP contribution in [0.5, 0.6) is 5.75 Å². The third-order valence-corrected chi connectivity index (χ3v) is 3.80. The minimum Gasteiger partial charge on any atom is -0.497 e. The van der Waals surface area contributed by atoms with E-state index in [2.05, 4.69) is 10.3 Å². The smallest absolute Gasteiger partial charge is 0.154 e. The van der Waals surface area contributed by atoms with Crippen LogP contribution in [-0.2, 0) is 0 Å². The van der Waals surface area contributed by atoms with E-state index in [4.69, 9.17) is 21.6 Å². The fourth-order valence-electron chi connectivity index (χ4n) is 2.58. The average molecular weight is 333 g/mol. The summed E-state index contributed by atoms with van der Waals surface area (Å²) in [7, 11) is 1.60. The highest BCUT2D eigenvalue weighted by molar-refractivity contribution is 6.08. The van der Waals surface area contributed by atoms with Crippen LogP contribution in [0.3, 0.4) is 0 Å². The van der Waals surface area contributed by atoms with Crippen molar-refractivity contribution in [3.63, 3.8) is 0 Å². The predicted molar refractivity (Wildman–Crippen MR) is 101 cm³/mol. The Balaban J connectivity index is 2.08. The zero-order valence-corrected chi connectivity index (χ0v) is 13.8. The van der Waals surface area contributed by atoms with Crippen molar-refractivity contribution < 1.29 is 4.74 Å². The lowest BCUT2D eigenvalue weighted by Crippen LogP contribution is -2.17. The summed E-state index contributed by atoms with van der Waals surface area (Å²) in [5.41, 5.74) is 15.2. The molecule has 0 spiro atoms. The molecule has 0 radical (unpaired) electrons. The summed E-state index contributed by atoms with van der Waals surface area (Å²) in [4.78, 5) is 4.42. The normalized spacial score (nSPS) is 10.3. The van der Waals surface area contributed by atoms with Crippen LogP contribution in [0.4, 0.5) is 17.2 Å². The molecule has 0 saturated heterocycles. The van der Waals surface area contributed by atoms with Gasteiger partial charge in [-0.2, -0.15) is 0 Å². The summed E-state index contributed by atoms with van der Waals surface area (Å²) in [5.74, 6) is 1.05. The van der Waals surface area contributed by atoms with Gasteiger partial charge in [0.05, 0.1) is 18.4 Å². The number of methoxy groups -OCH3 is 1. The Morgan fingerprint density at radius 2 is 1.88 bits per heavy atom. The van der Waals surface area contributed by atoms with E-state index in [9.17, 15) is 0 Å². The highest BCUT2D eigenvalue weighted by Gasteiger charge is 2.16. The Morgan fingerprint density at radius 1 is 1.12 bits per heavy atom. The third-order valence-electron chi connectivity index (χ3n) is 3.80. The van der Waals surface area contributed by atoms with Crippen molar-refractivity contribution in [3.05, 3.63) is 66.4 Å². The molecule has 0 fully saturated rings. The van der Waals surface area contributed by atoms with E-state index >= 15 is 0 Å². The topological polar surface area (TPSA) is 110 Å². The number of nitrogen functional groups attached to an aromatic ring is 2. The minimum absolute atomic E-state index is 0.117. The number of benzene rings is 2. The van der Waals surface area contributed by atoms with Crippen LogP contribution in [-0.4, -0.2) is 17.9 Å². The van der Waals surface area contributed by atoms with Gasteiger partial charge in [-0.3, -0.25) is 5.41 Å². The highest BCUT2D eigenvalue weighted by atomic mass is 16.5. The van der Waals surface area contributed by atoms with Crippen molar-refractivity contribution in [1.29, 1.82) is 5.41 Å². The second-order valence-electron chi connectivity index (χ2n) is 5.45. The van der Waals surface area contributed by atoms with Crippen LogP contribution in [0.1, 0.15) is 5.56 Å². The Bertz CT molecular complexity index is 909. The van der Waals surface area contributed by atoms with Crippen LogP contribution in [0.25, 0.3) is 11.1 Å². The molecule has 0 aliphatic heterocycles. The summed E-state index contributed by atoms with van der Waals surface area (Å²) in [6.45, 7) is 0. The quantitative estimate of drug-likeness (QED) is 0.423. The van der Waals surface area contributed by atoms with Crippen LogP contribution >= 0.6 is 0 Å². The van der Waals surface area contributed by atoms with Crippen molar-refractivity contribution in [2.75, 3.05) is 18.2 Å². The summed E-state index contributed by atoms with van der Waals surface area (Å²) in [5, 5.41) is 11.1. The first kappa shape index (κ1) is 16.3. The maximum Gasteiger partial charge on any atom is 0.154 e. The number of ether oxygens (including phenoxy) is 1. The molecule has 0 aliphatic rings. The SMILES string of the molecule is COc1cccc(-c2cnc(Nc3ccccc3)c(N)c2C(=N)N)c1. The lowest BCUT2D eigenvalue weighted by atomic mass is 9.99. The van der Waals surface area contributed by atoms with Crippen LogP contribution < -0.4 is 21.5 Å². The minimum atomic E-state index is -0.117. The van der Waals surface area contributed by atoms with Crippen molar-refractivity contribution in [3.8, 4) is 16.9 Å². The van der Waals surface area contributed by atoms with Crippen LogP contribution in [0, 0.1) is 5.41 Å². The van der Waals surface area contributed by atoms with Gasteiger partial charge in [0.15, 0.2) is 5.82 Å². The van der Waals surface area contributed by atoms with Gasteiger partial charge in [0.25, 0.3) is 0 Å². The number of aromatic nitrogens is 1. The molecule has 6 nitrogen and oxygen atoms in total. The van der Waals surface area contributed by atoms with Crippen LogP contribution in [0.15, 0.2) is 60.8 Å². The fraction of sp³-hybridized carbons (Fsp3) is 0.0526. The molecule has 1 aromatic heterocycles. The molecule has 0 bridgehead atoms.